The maximum Gasteiger partial charge on any atom is 0.396 e. The average Bonchev–Trinajstić information content (AvgIpc) is 2.42. The Morgan fingerprint density at radius 3 is 2.14 bits per heavy atom. The third kappa shape index (κ3) is 6.57. The van der Waals surface area contributed by atoms with Crippen LogP contribution in [0.25, 0.3) is 0 Å². The Hall–Kier alpha value is -1.41. The first kappa shape index (κ1) is 20.6. The van der Waals surface area contributed by atoms with Gasteiger partial charge in [-0.1, -0.05) is 30.3 Å². The van der Waals surface area contributed by atoms with Gasteiger partial charge in [0.25, 0.3) is 5.92 Å². The van der Waals surface area contributed by atoms with Gasteiger partial charge in [-0.05, 0) is 5.56 Å². The van der Waals surface area contributed by atoms with Crippen LogP contribution in [0.2, 0.25) is 0 Å². The molecule has 0 aliphatic heterocycles. The van der Waals surface area contributed by atoms with E-state index in [0.29, 0.717) is 0 Å². The van der Waals surface area contributed by atoms with Crippen LogP contribution in [-0.2, 0) is 4.79 Å². The molecule has 0 heterocycles. The second-order valence-corrected chi connectivity index (χ2v) is 4.55. The van der Waals surface area contributed by atoms with Gasteiger partial charge in [-0.15, -0.1) is 12.4 Å². The van der Waals surface area contributed by atoms with Crippen molar-refractivity contribution >= 4 is 18.3 Å². The molecule has 0 saturated carbocycles. The number of benzene rings is 1. The fourth-order valence-electron chi connectivity index (χ4n) is 1.67. The number of carbonyl (C=O) groups excluding carboxylic acids is 1. The number of halogens is 6. The fraction of sp³-hybridized carbons (Fsp3) is 0.462. The maximum absolute atomic E-state index is 13.0. The van der Waals surface area contributed by atoms with Crippen LogP contribution in [0.4, 0.5) is 22.0 Å². The first-order chi connectivity index (χ1) is 9.65. The van der Waals surface area contributed by atoms with Crippen molar-refractivity contribution in [1.82, 2.24) is 5.32 Å². The Labute approximate surface area is 130 Å². The highest BCUT2D eigenvalue weighted by Crippen LogP contribution is 2.37. The van der Waals surface area contributed by atoms with Crippen LogP contribution in [0, 0.1) is 0 Å². The molecule has 0 aliphatic carbocycles. The van der Waals surface area contributed by atoms with Crippen LogP contribution in [0.15, 0.2) is 30.3 Å². The van der Waals surface area contributed by atoms with Crippen molar-refractivity contribution in [1.29, 1.82) is 0 Å². The summed E-state index contributed by atoms with van der Waals surface area (Å²) in [6.07, 6.45) is -5.59. The van der Waals surface area contributed by atoms with Gasteiger partial charge in [0.2, 0.25) is 5.91 Å². The number of hydrogen-bond donors (Lipinski definition) is 2. The zero-order chi connectivity index (χ0) is 16.1. The molecule has 0 aliphatic rings. The molecule has 0 aromatic heterocycles. The number of alkyl halides is 5. The van der Waals surface area contributed by atoms with Crippen molar-refractivity contribution in [3.05, 3.63) is 35.9 Å². The molecule has 1 amide bonds. The summed E-state index contributed by atoms with van der Waals surface area (Å²) in [5.74, 6) is -6.48. The van der Waals surface area contributed by atoms with E-state index in [2.05, 4.69) is 0 Å². The van der Waals surface area contributed by atoms with Crippen molar-refractivity contribution in [3.8, 4) is 0 Å². The zero-order valence-corrected chi connectivity index (χ0v) is 12.2. The van der Waals surface area contributed by atoms with E-state index in [0.717, 1.165) is 0 Å². The molecule has 0 saturated heterocycles. The molecule has 1 atom stereocenters. The Bertz CT molecular complexity index is 467. The molecule has 0 radical (unpaired) electrons. The van der Waals surface area contributed by atoms with Gasteiger partial charge in [0.15, 0.2) is 0 Å². The lowest BCUT2D eigenvalue weighted by Crippen LogP contribution is -2.42. The topological polar surface area (TPSA) is 55.1 Å². The third-order valence-corrected chi connectivity index (χ3v) is 2.83. The van der Waals surface area contributed by atoms with Crippen molar-refractivity contribution in [2.75, 3.05) is 13.1 Å². The monoisotopic (exact) mass is 346 g/mol. The lowest BCUT2D eigenvalue weighted by atomic mass is 9.95. The molecule has 22 heavy (non-hydrogen) atoms. The lowest BCUT2D eigenvalue weighted by Gasteiger charge is -2.21. The van der Waals surface area contributed by atoms with Gasteiger partial charge in [-0.3, -0.25) is 4.79 Å². The molecule has 1 aromatic carbocycles. The van der Waals surface area contributed by atoms with Gasteiger partial charge in [-0.2, -0.15) is 13.2 Å². The molecule has 1 unspecified atom stereocenters. The maximum atomic E-state index is 13.0. The molecule has 0 fully saturated rings. The molecular weight excluding hydrogens is 331 g/mol. The minimum Gasteiger partial charge on any atom is -0.350 e. The van der Waals surface area contributed by atoms with Gasteiger partial charge in [0.05, 0.1) is 19.0 Å². The lowest BCUT2D eigenvalue weighted by molar-refractivity contribution is -0.157. The largest absolute Gasteiger partial charge is 0.396 e. The van der Waals surface area contributed by atoms with E-state index in [1.807, 2.05) is 0 Å². The summed E-state index contributed by atoms with van der Waals surface area (Å²) in [5, 5.41) is 1.78. The molecular formula is C13H16ClF5N2O. The molecule has 0 spiro atoms. The number of amides is 1. The van der Waals surface area contributed by atoms with Crippen molar-refractivity contribution in [2.24, 2.45) is 5.73 Å². The minimum absolute atomic E-state index is 0. The van der Waals surface area contributed by atoms with Crippen molar-refractivity contribution in [3.63, 3.8) is 0 Å². The second kappa shape index (κ2) is 8.28. The normalized spacial score (nSPS) is 13.2. The van der Waals surface area contributed by atoms with Crippen LogP contribution in [0.3, 0.4) is 0 Å². The molecule has 1 rings (SSSR count). The molecule has 3 N–H and O–H groups in total. The fourth-order valence-corrected chi connectivity index (χ4v) is 1.67. The third-order valence-electron chi connectivity index (χ3n) is 2.83. The number of nitrogens with one attached hydrogen (secondary N) is 1. The van der Waals surface area contributed by atoms with Crippen LogP contribution < -0.4 is 11.1 Å². The summed E-state index contributed by atoms with van der Waals surface area (Å²) in [4.78, 5) is 11.5. The summed E-state index contributed by atoms with van der Waals surface area (Å²) in [6.45, 7) is -2.07. The summed E-state index contributed by atoms with van der Waals surface area (Å²) in [6, 6.07) is 6.84. The first-order valence-corrected chi connectivity index (χ1v) is 6.12. The quantitative estimate of drug-likeness (QED) is 0.778. The van der Waals surface area contributed by atoms with Crippen molar-refractivity contribution in [2.45, 2.75) is 24.4 Å². The summed E-state index contributed by atoms with van der Waals surface area (Å²) >= 11 is 0. The van der Waals surface area contributed by atoms with Gasteiger partial charge < -0.3 is 11.1 Å². The predicted octanol–water partition coefficient (Wildman–Crippen LogP) is 2.85. The Kier molecular flexibility index (Phi) is 7.75. The number of hydrogen-bond acceptors (Lipinski definition) is 2. The van der Waals surface area contributed by atoms with E-state index in [1.165, 1.54) is 24.3 Å². The molecule has 0 bridgehead atoms. The van der Waals surface area contributed by atoms with E-state index in [4.69, 9.17) is 5.73 Å². The minimum atomic E-state index is -4.64. The first-order valence-electron chi connectivity index (χ1n) is 6.12. The highest BCUT2D eigenvalue weighted by atomic mass is 35.5. The Balaban J connectivity index is 0.00000441. The average molecular weight is 347 g/mol. The van der Waals surface area contributed by atoms with E-state index in [-0.39, 0.29) is 18.0 Å². The summed E-state index contributed by atoms with van der Waals surface area (Å²) in [7, 11) is 0. The zero-order valence-electron chi connectivity index (χ0n) is 11.4. The number of rotatable bonds is 6. The highest BCUT2D eigenvalue weighted by Gasteiger charge is 2.42. The molecule has 1 aromatic rings. The summed E-state index contributed by atoms with van der Waals surface area (Å²) < 4.78 is 64.6. The van der Waals surface area contributed by atoms with E-state index < -0.39 is 43.4 Å². The Morgan fingerprint density at radius 1 is 1.14 bits per heavy atom. The second-order valence-electron chi connectivity index (χ2n) is 4.55. The van der Waals surface area contributed by atoms with E-state index >= 15 is 0 Å². The molecule has 9 heteroatoms. The standard InChI is InChI=1S/C13H15F5N2O.ClH/c14-12(15,7-19)8-20-11(21)6-10(13(16,17)18)9-4-2-1-3-5-9;/h1-5,10H,6-8,19H2,(H,20,21);1H. The highest BCUT2D eigenvalue weighted by molar-refractivity contribution is 5.85. The van der Waals surface area contributed by atoms with Crippen LogP contribution in [-0.4, -0.2) is 31.1 Å². The number of carbonyl (C=O) groups is 1. The molecule has 3 nitrogen and oxygen atoms in total. The van der Waals surface area contributed by atoms with Gasteiger partial charge in [0.1, 0.15) is 0 Å². The predicted molar refractivity (Wildman–Crippen MR) is 74.1 cm³/mol. The number of nitrogens with two attached hydrogens (primary N) is 1. The van der Waals surface area contributed by atoms with Crippen LogP contribution in [0.5, 0.6) is 0 Å². The van der Waals surface area contributed by atoms with Gasteiger partial charge >= 0.3 is 6.18 Å². The van der Waals surface area contributed by atoms with Crippen LogP contribution in [0.1, 0.15) is 17.9 Å². The van der Waals surface area contributed by atoms with Crippen LogP contribution >= 0.6 is 12.4 Å². The van der Waals surface area contributed by atoms with E-state index in [1.54, 1.807) is 11.4 Å². The Morgan fingerprint density at radius 2 is 1.68 bits per heavy atom. The van der Waals surface area contributed by atoms with Crippen molar-refractivity contribution < 1.29 is 26.7 Å². The van der Waals surface area contributed by atoms with Gasteiger partial charge in [0, 0.05) is 6.42 Å². The summed E-state index contributed by atoms with van der Waals surface area (Å²) in [5.41, 5.74) is 4.68. The van der Waals surface area contributed by atoms with Gasteiger partial charge in [-0.25, -0.2) is 8.78 Å². The SMILES string of the molecule is Cl.NCC(F)(F)CNC(=O)CC(c1ccccc1)C(F)(F)F. The van der Waals surface area contributed by atoms with E-state index in [9.17, 15) is 26.7 Å². The smallest absolute Gasteiger partial charge is 0.350 e. The molecule has 126 valence electrons.